The SMILES string of the molecule is N#CCc1ccccc1.O=C(NO)SCc1ccccc1. The summed E-state index contributed by atoms with van der Waals surface area (Å²) in [4.78, 5) is 10.6. The minimum Gasteiger partial charge on any atom is -0.288 e. The molecule has 0 fully saturated rings. The van der Waals surface area contributed by atoms with E-state index in [-0.39, 0.29) is 0 Å². The normalized spacial score (nSPS) is 8.95. The molecule has 2 rings (SSSR count). The fraction of sp³-hybridized carbons (Fsp3) is 0.125. The van der Waals surface area contributed by atoms with Gasteiger partial charge in [0, 0.05) is 5.75 Å². The second-order valence-electron chi connectivity index (χ2n) is 3.99. The van der Waals surface area contributed by atoms with Crippen LogP contribution in [-0.2, 0) is 12.2 Å². The van der Waals surface area contributed by atoms with Gasteiger partial charge in [-0.2, -0.15) is 5.26 Å². The van der Waals surface area contributed by atoms with Crippen molar-refractivity contribution in [2.24, 2.45) is 0 Å². The Morgan fingerprint density at radius 1 is 1.05 bits per heavy atom. The molecule has 0 unspecified atom stereocenters. The molecule has 0 saturated heterocycles. The van der Waals surface area contributed by atoms with Gasteiger partial charge in [-0.15, -0.1) is 0 Å². The number of carbonyl (C=O) groups excluding carboxylic acids is 1. The molecular weight excluding hydrogens is 284 g/mol. The Hall–Kier alpha value is -2.29. The monoisotopic (exact) mass is 300 g/mol. The van der Waals surface area contributed by atoms with Crippen molar-refractivity contribution in [2.75, 3.05) is 0 Å². The van der Waals surface area contributed by atoms with Crippen LogP contribution in [0.1, 0.15) is 11.1 Å². The Kier molecular flexibility index (Phi) is 8.38. The van der Waals surface area contributed by atoms with Gasteiger partial charge >= 0.3 is 5.24 Å². The van der Waals surface area contributed by atoms with Crippen LogP contribution >= 0.6 is 11.8 Å². The van der Waals surface area contributed by atoms with Crippen molar-refractivity contribution < 1.29 is 10.0 Å². The second-order valence-corrected chi connectivity index (χ2v) is 4.94. The smallest absolute Gasteiger partial charge is 0.288 e. The minimum atomic E-state index is -0.432. The van der Waals surface area contributed by atoms with Crippen LogP contribution in [0, 0.1) is 11.3 Å². The Balaban J connectivity index is 0.000000219. The average Bonchev–Trinajstić information content (AvgIpc) is 2.55. The average molecular weight is 300 g/mol. The maximum absolute atomic E-state index is 10.6. The molecule has 4 nitrogen and oxygen atoms in total. The molecule has 0 aliphatic carbocycles. The topological polar surface area (TPSA) is 73.1 Å². The number of nitrogens with one attached hydrogen (secondary N) is 1. The lowest BCUT2D eigenvalue weighted by atomic mass is 10.2. The third-order valence-corrected chi connectivity index (χ3v) is 3.26. The maximum Gasteiger partial charge on any atom is 0.302 e. The van der Waals surface area contributed by atoms with Crippen LogP contribution in [0.3, 0.4) is 0 Å². The van der Waals surface area contributed by atoms with Gasteiger partial charge in [-0.3, -0.25) is 10.0 Å². The summed E-state index contributed by atoms with van der Waals surface area (Å²) in [5.74, 6) is 0.577. The molecule has 0 aliphatic heterocycles. The summed E-state index contributed by atoms with van der Waals surface area (Å²) in [6.45, 7) is 0. The first-order valence-electron chi connectivity index (χ1n) is 6.28. The zero-order chi connectivity index (χ0) is 15.3. The first kappa shape index (κ1) is 16.8. The molecule has 108 valence electrons. The van der Waals surface area contributed by atoms with E-state index in [1.165, 1.54) is 0 Å². The first-order chi connectivity index (χ1) is 10.3. The van der Waals surface area contributed by atoms with Crippen LogP contribution in [0.15, 0.2) is 60.7 Å². The quantitative estimate of drug-likeness (QED) is 0.668. The number of thioether (sulfide) groups is 1. The van der Waals surface area contributed by atoms with E-state index in [1.54, 1.807) is 5.48 Å². The minimum absolute atomic E-state index is 0.432. The van der Waals surface area contributed by atoms with Gasteiger partial charge in [0.2, 0.25) is 0 Å². The Labute approximate surface area is 128 Å². The zero-order valence-electron chi connectivity index (χ0n) is 11.4. The zero-order valence-corrected chi connectivity index (χ0v) is 12.2. The third-order valence-electron chi connectivity index (χ3n) is 2.43. The predicted octanol–water partition coefficient (Wildman–Crippen LogP) is 3.77. The lowest BCUT2D eigenvalue weighted by molar-refractivity contribution is 0.180. The van der Waals surface area contributed by atoms with E-state index in [0.717, 1.165) is 22.9 Å². The molecule has 0 spiro atoms. The molecule has 0 saturated carbocycles. The number of nitriles is 1. The lowest BCUT2D eigenvalue weighted by Crippen LogP contribution is -2.12. The second kappa shape index (κ2) is 10.5. The molecule has 21 heavy (non-hydrogen) atoms. The van der Waals surface area contributed by atoms with Crippen molar-refractivity contribution in [1.29, 1.82) is 5.26 Å². The van der Waals surface area contributed by atoms with Crippen LogP contribution in [-0.4, -0.2) is 10.4 Å². The number of rotatable bonds is 3. The van der Waals surface area contributed by atoms with Crippen LogP contribution in [0.4, 0.5) is 4.79 Å². The number of amides is 1. The number of carbonyl (C=O) groups is 1. The highest BCUT2D eigenvalue weighted by Crippen LogP contribution is 2.11. The van der Waals surface area contributed by atoms with Crippen molar-refractivity contribution >= 4 is 17.0 Å². The van der Waals surface area contributed by atoms with Crippen LogP contribution in [0.2, 0.25) is 0 Å². The molecule has 2 aromatic rings. The van der Waals surface area contributed by atoms with Gasteiger partial charge in [0.05, 0.1) is 12.5 Å². The molecule has 2 N–H and O–H groups in total. The fourth-order valence-electron chi connectivity index (χ4n) is 1.44. The van der Waals surface area contributed by atoms with E-state index in [9.17, 15) is 4.79 Å². The van der Waals surface area contributed by atoms with Gasteiger partial charge < -0.3 is 0 Å². The molecule has 0 bridgehead atoms. The lowest BCUT2D eigenvalue weighted by Gasteiger charge is -1.98. The van der Waals surface area contributed by atoms with Gasteiger partial charge in [0.1, 0.15) is 0 Å². The van der Waals surface area contributed by atoms with E-state index in [0.29, 0.717) is 12.2 Å². The van der Waals surface area contributed by atoms with Crippen molar-refractivity contribution in [3.63, 3.8) is 0 Å². The van der Waals surface area contributed by atoms with Crippen LogP contribution in [0.5, 0.6) is 0 Å². The number of hydrogen-bond acceptors (Lipinski definition) is 4. The van der Waals surface area contributed by atoms with Crippen LogP contribution in [0.25, 0.3) is 0 Å². The van der Waals surface area contributed by atoms with Crippen molar-refractivity contribution in [3.05, 3.63) is 71.8 Å². The largest absolute Gasteiger partial charge is 0.302 e. The number of benzene rings is 2. The molecule has 0 radical (unpaired) electrons. The first-order valence-corrected chi connectivity index (χ1v) is 7.26. The Bertz CT molecular complexity index is 568. The molecule has 0 aliphatic rings. The molecular formula is C16H16N2O2S. The summed E-state index contributed by atoms with van der Waals surface area (Å²) < 4.78 is 0. The summed E-state index contributed by atoms with van der Waals surface area (Å²) in [5.41, 5.74) is 3.70. The highest BCUT2D eigenvalue weighted by Gasteiger charge is 1.99. The number of hydroxylamine groups is 1. The van der Waals surface area contributed by atoms with E-state index in [1.807, 2.05) is 60.7 Å². The summed E-state index contributed by atoms with van der Waals surface area (Å²) in [6.07, 6.45) is 0.515. The number of nitrogens with zero attached hydrogens (tertiary/aromatic N) is 1. The summed E-state index contributed by atoms with van der Waals surface area (Å²) in [5, 5.41) is 16.0. The van der Waals surface area contributed by atoms with Crippen molar-refractivity contribution in [1.82, 2.24) is 5.48 Å². The fourth-order valence-corrected chi connectivity index (χ4v) is 2.00. The summed E-state index contributed by atoms with van der Waals surface area (Å²) in [7, 11) is 0. The molecule has 5 heteroatoms. The van der Waals surface area contributed by atoms with Crippen molar-refractivity contribution in [3.8, 4) is 6.07 Å². The summed E-state index contributed by atoms with van der Waals surface area (Å²) >= 11 is 1.03. The molecule has 1 amide bonds. The van der Waals surface area contributed by atoms with Gasteiger partial charge in [-0.05, 0) is 11.1 Å². The molecule has 0 heterocycles. The van der Waals surface area contributed by atoms with E-state index in [4.69, 9.17) is 10.5 Å². The van der Waals surface area contributed by atoms with E-state index >= 15 is 0 Å². The highest BCUT2D eigenvalue weighted by molar-refractivity contribution is 8.12. The highest BCUT2D eigenvalue weighted by atomic mass is 32.2. The van der Waals surface area contributed by atoms with Crippen molar-refractivity contribution in [2.45, 2.75) is 12.2 Å². The standard InChI is InChI=1S/C8H9NO2S.C8H7N/c10-8(9-11)12-6-7-4-2-1-3-5-7;9-7-6-8-4-2-1-3-5-8/h1-5,11H,6H2,(H,9,10);1-5H,6H2. The molecule has 2 aromatic carbocycles. The van der Waals surface area contributed by atoms with Gasteiger partial charge in [0.25, 0.3) is 0 Å². The van der Waals surface area contributed by atoms with E-state index < -0.39 is 5.24 Å². The van der Waals surface area contributed by atoms with Gasteiger partial charge in [-0.25, -0.2) is 5.48 Å². The Morgan fingerprint density at radius 2 is 1.57 bits per heavy atom. The maximum atomic E-state index is 10.6. The molecule has 0 aromatic heterocycles. The summed E-state index contributed by atoms with van der Waals surface area (Å²) in [6, 6.07) is 21.4. The number of hydrogen-bond donors (Lipinski definition) is 2. The third kappa shape index (κ3) is 7.78. The van der Waals surface area contributed by atoms with Crippen LogP contribution < -0.4 is 5.48 Å². The van der Waals surface area contributed by atoms with E-state index in [2.05, 4.69) is 6.07 Å². The Morgan fingerprint density at radius 3 is 2.05 bits per heavy atom. The predicted molar refractivity (Wildman–Crippen MR) is 83.8 cm³/mol. The van der Waals surface area contributed by atoms with Gasteiger partial charge in [0.15, 0.2) is 0 Å². The van der Waals surface area contributed by atoms with Gasteiger partial charge in [-0.1, -0.05) is 72.4 Å². The molecule has 0 atom stereocenters.